The quantitative estimate of drug-likeness (QED) is 0.150. The van der Waals surface area contributed by atoms with Crippen LogP contribution in [0.5, 0.6) is 0 Å². The standard InChI is InChI=1S/C60H39NO/c1-3-11-40(12-4-1)46-23-21-44-16-9-18-53(57(44)38-46)45-27-32-50(33-28-45)61(51-34-35-54-48(37-51)24-22-43-15-7-8-17-52(43)54)49-30-25-41(26-31-49)47-29-36-59-58(39-47)56-20-10-19-55(60(56)62-59)42-13-5-2-6-14-42/h1-39H. The first-order valence-electron chi connectivity index (χ1n) is 21.2. The zero-order valence-electron chi connectivity index (χ0n) is 33.9. The maximum Gasteiger partial charge on any atom is 0.143 e. The molecule has 62 heavy (non-hydrogen) atoms. The van der Waals surface area contributed by atoms with Crippen molar-refractivity contribution in [1.82, 2.24) is 0 Å². The van der Waals surface area contributed by atoms with Crippen LogP contribution in [0, 0.1) is 0 Å². The molecule has 0 atom stereocenters. The van der Waals surface area contributed by atoms with Gasteiger partial charge in [0.15, 0.2) is 0 Å². The molecule has 12 rings (SSSR count). The fraction of sp³-hybridized carbons (Fsp3) is 0. The van der Waals surface area contributed by atoms with Gasteiger partial charge in [0.25, 0.3) is 0 Å². The zero-order valence-corrected chi connectivity index (χ0v) is 33.9. The Balaban J connectivity index is 0.941. The van der Waals surface area contributed by atoms with Crippen LogP contribution >= 0.6 is 0 Å². The van der Waals surface area contributed by atoms with Gasteiger partial charge in [0.05, 0.1) is 0 Å². The minimum absolute atomic E-state index is 0.891. The van der Waals surface area contributed by atoms with E-state index in [0.717, 1.165) is 61.3 Å². The Labute approximate surface area is 360 Å². The van der Waals surface area contributed by atoms with Crippen LogP contribution in [-0.4, -0.2) is 0 Å². The molecule has 2 heteroatoms. The smallest absolute Gasteiger partial charge is 0.143 e. The Kier molecular flexibility index (Phi) is 8.53. The number of para-hydroxylation sites is 1. The topological polar surface area (TPSA) is 16.4 Å². The van der Waals surface area contributed by atoms with Crippen LogP contribution < -0.4 is 4.90 Å². The number of benzene rings is 11. The predicted octanol–water partition coefficient (Wildman–Crippen LogP) is 17.2. The average molecular weight is 790 g/mol. The van der Waals surface area contributed by atoms with E-state index >= 15 is 0 Å². The molecule has 0 N–H and O–H groups in total. The molecule has 1 heterocycles. The van der Waals surface area contributed by atoms with Crippen molar-refractivity contribution < 1.29 is 4.42 Å². The molecule has 0 fully saturated rings. The van der Waals surface area contributed by atoms with Gasteiger partial charge in [0.2, 0.25) is 0 Å². The van der Waals surface area contributed by atoms with E-state index in [1.807, 2.05) is 6.07 Å². The molecule has 12 aromatic rings. The van der Waals surface area contributed by atoms with E-state index in [0.29, 0.717) is 0 Å². The highest BCUT2D eigenvalue weighted by molar-refractivity contribution is 6.11. The molecule has 0 saturated carbocycles. The van der Waals surface area contributed by atoms with Crippen molar-refractivity contribution >= 4 is 71.3 Å². The molecule has 0 bridgehead atoms. The van der Waals surface area contributed by atoms with Crippen LogP contribution in [0.2, 0.25) is 0 Å². The van der Waals surface area contributed by atoms with E-state index in [4.69, 9.17) is 4.42 Å². The molecule has 11 aromatic carbocycles. The van der Waals surface area contributed by atoms with Crippen molar-refractivity contribution in [2.24, 2.45) is 0 Å². The number of nitrogens with zero attached hydrogens (tertiary/aromatic N) is 1. The van der Waals surface area contributed by atoms with E-state index in [9.17, 15) is 0 Å². The number of rotatable bonds is 7. The van der Waals surface area contributed by atoms with E-state index in [1.165, 1.54) is 54.6 Å². The lowest BCUT2D eigenvalue weighted by Gasteiger charge is -2.26. The molecular weight excluding hydrogens is 751 g/mol. The van der Waals surface area contributed by atoms with E-state index in [-0.39, 0.29) is 0 Å². The number of anilines is 3. The number of hydrogen-bond donors (Lipinski definition) is 0. The second kappa shape index (κ2) is 14.8. The molecule has 2 nitrogen and oxygen atoms in total. The van der Waals surface area contributed by atoms with Gasteiger partial charge in [-0.3, -0.25) is 0 Å². The summed E-state index contributed by atoms with van der Waals surface area (Å²) in [4.78, 5) is 2.37. The Morgan fingerprint density at radius 1 is 0.258 bits per heavy atom. The highest BCUT2D eigenvalue weighted by atomic mass is 16.3. The third-order valence-corrected chi connectivity index (χ3v) is 12.5. The summed E-state index contributed by atoms with van der Waals surface area (Å²) >= 11 is 0. The highest BCUT2D eigenvalue weighted by Crippen LogP contribution is 2.42. The van der Waals surface area contributed by atoms with Crippen LogP contribution in [-0.2, 0) is 0 Å². The summed E-state index contributed by atoms with van der Waals surface area (Å²) in [6.45, 7) is 0. The molecule has 0 aliphatic heterocycles. The molecule has 0 spiro atoms. The van der Waals surface area contributed by atoms with Crippen molar-refractivity contribution in [3.05, 3.63) is 237 Å². The van der Waals surface area contributed by atoms with E-state index in [2.05, 4.69) is 235 Å². The Bertz CT molecular complexity index is 3610. The van der Waals surface area contributed by atoms with Gasteiger partial charge in [-0.15, -0.1) is 0 Å². The summed E-state index contributed by atoms with van der Waals surface area (Å²) in [5.74, 6) is 0. The lowest BCUT2D eigenvalue weighted by molar-refractivity contribution is 0.670. The van der Waals surface area contributed by atoms with Gasteiger partial charge < -0.3 is 9.32 Å². The van der Waals surface area contributed by atoms with Crippen LogP contribution in [0.1, 0.15) is 0 Å². The van der Waals surface area contributed by atoms with Crippen LogP contribution in [0.25, 0.3) is 98.8 Å². The molecular formula is C60H39NO. The molecule has 0 saturated heterocycles. The van der Waals surface area contributed by atoms with Gasteiger partial charge in [-0.1, -0.05) is 182 Å². The van der Waals surface area contributed by atoms with Crippen molar-refractivity contribution in [2.75, 3.05) is 4.90 Å². The normalized spacial score (nSPS) is 11.5. The summed E-state index contributed by atoms with van der Waals surface area (Å²) in [5.41, 5.74) is 14.5. The zero-order chi connectivity index (χ0) is 41.0. The Morgan fingerprint density at radius 3 is 1.55 bits per heavy atom. The van der Waals surface area contributed by atoms with Crippen LogP contribution in [0.3, 0.4) is 0 Å². The number of hydrogen-bond acceptors (Lipinski definition) is 2. The van der Waals surface area contributed by atoms with Gasteiger partial charge in [0, 0.05) is 33.4 Å². The summed E-state index contributed by atoms with van der Waals surface area (Å²) in [7, 11) is 0. The van der Waals surface area contributed by atoms with Gasteiger partial charge in [-0.2, -0.15) is 0 Å². The summed E-state index contributed by atoms with van der Waals surface area (Å²) < 4.78 is 6.51. The maximum absolute atomic E-state index is 6.51. The Morgan fingerprint density at radius 2 is 0.758 bits per heavy atom. The molecule has 290 valence electrons. The minimum atomic E-state index is 0.891. The monoisotopic (exact) mass is 789 g/mol. The summed E-state index contributed by atoms with van der Waals surface area (Å²) in [6, 6.07) is 85.4. The SMILES string of the molecule is c1ccc(-c2ccc3cccc(-c4ccc(N(c5ccc(-c6ccc7oc8c(-c9ccccc9)cccc8c7c6)cc5)c5ccc6c(ccc7ccccc76)c5)cc4)c3c2)cc1. The van der Waals surface area contributed by atoms with E-state index in [1.54, 1.807) is 0 Å². The second-order valence-corrected chi connectivity index (χ2v) is 16.1. The second-order valence-electron chi connectivity index (χ2n) is 16.1. The average Bonchev–Trinajstić information content (AvgIpc) is 3.73. The van der Waals surface area contributed by atoms with Gasteiger partial charge in [0.1, 0.15) is 11.2 Å². The molecule has 0 aliphatic carbocycles. The third kappa shape index (κ3) is 6.20. The third-order valence-electron chi connectivity index (χ3n) is 12.5. The van der Waals surface area contributed by atoms with Crippen molar-refractivity contribution in [1.29, 1.82) is 0 Å². The minimum Gasteiger partial charge on any atom is -0.455 e. The fourth-order valence-electron chi connectivity index (χ4n) is 9.34. The largest absolute Gasteiger partial charge is 0.455 e. The lowest BCUT2D eigenvalue weighted by atomic mass is 9.94. The van der Waals surface area contributed by atoms with Gasteiger partial charge in [-0.05, 0) is 126 Å². The maximum atomic E-state index is 6.51. The predicted molar refractivity (Wildman–Crippen MR) is 263 cm³/mol. The summed E-state index contributed by atoms with van der Waals surface area (Å²) in [6.07, 6.45) is 0. The lowest BCUT2D eigenvalue weighted by Crippen LogP contribution is -2.09. The van der Waals surface area contributed by atoms with Crippen molar-refractivity contribution in [3.63, 3.8) is 0 Å². The molecule has 0 aliphatic rings. The highest BCUT2D eigenvalue weighted by Gasteiger charge is 2.17. The Hall–Kier alpha value is -8.20. The fourth-order valence-corrected chi connectivity index (χ4v) is 9.34. The van der Waals surface area contributed by atoms with Gasteiger partial charge in [-0.25, -0.2) is 0 Å². The first kappa shape index (κ1) is 35.7. The summed E-state index contributed by atoms with van der Waals surface area (Å²) in [5, 5.41) is 9.69. The molecule has 0 unspecified atom stereocenters. The number of furan rings is 1. The van der Waals surface area contributed by atoms with Crippen molar-refractivity contribution in [3.8, 4) is 44.5 Å². The molecule has 0 radical (unpaired) electrons. The van der Waals surface area contributed by atoms with Crippen LogP contribution in [0.4, 0.5) is 17.1 Å². The molecule has 0 amide bonds. The first-order valence-corrected chi connectivity index (χ1v) is 21.2. The number of fused-ring (bicyclic) bond motifs is 7. The van der Waals surface area contributed by atoms with Crippen LogP contribution in [0.15, 0.2) is 241 Å². The van der Waals surface area contributed by atoms with Crippen molar-refractivity contribution in [2.45, 2.75) is 0 Å². The van der Waals surface area contributed by atoms with Gasteiger partial charge >= 0.3 is 0 Å². The first-order chi connectivity index (χ1) is 30.7. The van der Waals surface area contributed by atoms with E-state index < -0.39 is 0 Å². The molecule has 1 aromatic heterocycles.